The molecule has 0 bridgehead atoms. The van der Waals surface area contributed by atoms with Crippen LogP contribution in [0.1, 0.15) is 45.4 Å². The lowest BCUT2D eigenvalue weighted by Crippen LogP contribution is -2.59. The fraction of sp³-hybridized carbons (Fsp3) is 1.00. The molecule has 20 heavy (non-hydrogen) atoms. The van der Waals surface area contributed by atoms with Gasteiger partial charge in [-0.2, -0.15) is 0 Å². The predicted octanol–water partition coefficient (Wildman–Crippen LogP) is 0.163. The molecule has 1 rings (SSSR count). The molecule has 6 nitrogen and oxygen atoms in total. The maximum absolute atomic E-state index is 9.75. The molecule has 1 aliphatic heterocycles. The standard InChI is InChI=1S/C14H28O6/c1-2-3-4-5-6-7-8-19-14-13(18)12(17)11(16)10(9-15)20-14/h10-18H,2-9H2,1H3/t10-,11+,12-,13-,14+/m0/s1. The number of hydrogen-bond acceptors (Lipinski definition) is 6. The average molecular weight is 292 g/mol. The zero-order chi connectivity index (χ0) is 15.0. The fourth-order valence-corrected chi connectivity index (χ4v) is 2.29. The van der Waals surface area contributed by atoms with E-state index < -0.39 is 37.3 Å². The second kappa shape index (κ2) is 9.65. The Balaban J connectivity index is 2.21. The molecule has 0 amide bonds. The van der Waals surface area contributed by atoms with Gasteiger partial charge in [-0.15, -0.1) is 0 Å². The summed E-state index contributed by atoms with van der Waals surface area (Å²) in [4.78, 5) is 0. The molecule has 1 saturated heterocycles. The van der Waals surface area contributed by atoms with Crippen molar-refractivity contribution in [1.82, 2.24) is 0 Å². The second-order valence-corrected chi connectivity index (χ2v) is 5.34. The van der Waals surface area contributed by atoms with Gasteiger partial charge in [0.15, 0.2) is 6.29 Å². The fourth-order valence-electron chi connectivity index (χ4n) is 2.29. The number of unbranched alkanes of at least 4 members (excludes halogenated alkanes) is 5. The molecule has 1 fully saturated rings. The molecule has 6 heteroatoms. The van der Waals surface area contributed by atoms with Crippen molar-refractivity contribution in [1.29, 1.82) is 0 Å². The molecule has 0 aliphatic carbocycles. The smallest absolute Gasteiger partial charge is 0.186 e. The predicted molar refractivity (Wildman–Crippen MR) is 73.1 cm³/mol. The number of aliphatic hydroxyl groups is 4. The maximum Gasteiger partial charge on any atom is 0.186 e. The Morgan fingerprint density at radius 1 is 0.900 bits per heavy atom. The van der Waals surface area contributed by atoms with Crippen LogP contribution in [-0.4, -0.2) is 64.3 Å². The molecule has 120 valence electrons. The number of rotatable bonds is 9. The molecule has 1 heterocycles. The number of ether oxygens (including phenoxy) is 2. The van der Waals surface area contributed by atoms with Crippen LogP contribution in [0.2, 0.25) is 0 Å². The van der Waals surface area contributed by atoms with Crippen molar-refractivity contribution in [3.63, 3.8) is 0 Å². The monoisotopic (exact) mass is 292 g/mol. The van der Waals surface area contributed by atoms with Crippen LogP contribution in [0, 0.1) is 0 Å². The molecule has 0 aromatic carbocycles. The Morgan fingerprint density at radius 2 is 1.55 bits per heavy atom. The van der Waals surface area contributed by atoms with Gasteiger partial charge in [0.25, 0.3) is 0 Å². The topological polar surface area (TPSA) is 99.4 Å². The molecule has 0 unspecified atom stereocenters. The first kappa shape index (κ1) is 17.8. The van der Waals surface area contributed by atoms with E-state index in [0.717, 1.165) is 19.3 Å². The van der Waals surface area contributed by atoms with E-state index in [4.69, 9.17) is 14.6 Å². The van der Waals surface area contributed by atoms with E-state index in [0.29, 0.717) is 6.61 Å². The Hall–Kier alpha value is -0.240. The summed E-state index contributed by atoms with van der Waals surface area (Å²) in [6.07, 6.45) is 0.851. The Kier molecular flexibility index (Phi) is 8.60. The van der Waals surface area contributed by atoms with Gasteiger partial charge in [-0.3, -0.25) is 0 Å². The second-order valence-electron chi connectivity index (χ2n) is 5.34. The third-order valence-electron chi connectivity index (χ3n) is 3.63. The summed E-state index contributed by atoms with van der Waals surface area (Å²) in [6, 6.07) is 0. The van der Waals surface area contributed by atoms with Crippen LogP contribution in [-0.2, 0) is 9.47 Å². The Labute approximate surface area is 120 Å². The SMILES string of the molecule is CCCCCCCCO[C@@H]1O[C@@H](CO)[C@@H](O)[C@H](O)[C@@H]1O. The molecule has 5 atom stereocenters. The van der Waals surface area contributed by atoms with Crippen LogP contribution in [0.25, 0.3) is 0 Å². The molecule has 1 aliphatic rings. The summed E-state index contributed by atoms with van der Waals surface area (Å²) >= 11 is 0. The third-order valence-corrected chi connectivity index (χ3v) is 3.63. The molecule has 0 spiro atoms. The highest BCUT2D eigenvalue weighted by Gasteiger charge is 2.43. The van der Waals surface area contributed by atoms with Gasteiger partial charge in [0.05, 0.1) is 6.61 Å². The van der Waals surface area contributed by atoms with Gasteiger partial charge in [0.1, 0.15) is 24.4 Å². The molecule has 0 aromatic rings. The normalized spacial score (nSPS) is 34.4. The lowest BCUT2D eigenvalue weighted by Gasteiger charge is -2.39. The summed E-state index contributed by atoms with van der Waals surface area (Å²) < 4.78 is 10.6. The molecular weight excluding hydrogens is 264 g/mol. The van der Waals surface area contributed by atoms with Crippen LogP contribution in [0.3, 0.4) is 0 Å². The molecule has 0 saturated carbocycles. The summed E-state index contributed by atoms with van der Waals surface area (Å²) in [5.41, 5.74) is 0. The summed E-state index contributed by atoms with van der Waals surface area (Å²) in [7, 11) is 0. The molecular formula is C14H28O6. The van der Waals surface area contributed by atoms with Crippen molar-refractivity contribution in [2.75, 3.05) is 13.2 Å². The van der Waals surface area contributed by atoms with E-state index in [-0.39, 0.29) is 0 Å². The quantitative estimate of drug-likeness (QED) is 0.452. The van der Waals surface area contributed by atoms with Gasteiger partial charge in [0.2, 0.25) is 0 Å². The zero-order valence-corrected chi connectivity index (χ0v) is 12.1. The number of aliphatic hydroxyl groups excluding tert-OH is 4. The largest absolute Gasteiger partial charge is 0.394 e. The van der Waals surface area contributed by atoms with Crippen molar-refractivity contribution in [2.24, 2.45) is 0 Å². The number of hydrogen-bond donors (Lipinski definition) is 4. The first-order valence-electron chi connectivity index (χ1n) is 7.54. The summed E-state index contributed by atoms with van der Waals surface area (Å²) in [5, 5.41) is 38.0. The average Bonchev–Trinajstić information content (AvgIpc) is 2.46. The van der Waals surface area contributed by atoms with E-state index >= 15 is 0 Å². The highest BCUT2D eigenvalue weighted by molar-refractivity contribution is 4.88. The first-order valence-corrected chi connectivity index (χ1v) is 7.54. The van der Waals surface area contributed by atoms with E-state index in [9.17, 15) is 15.3 Å². The molecule has 4 N–H and O–H groups in total. The van der Waals surface area contributed by atoms with Crippen LogP contribution < -0.4 is 0 Å². The van der Waals surface area contributed by atoms with E-state index in [1.54, 1.807) is 0 Å². The minimum Gasteiger partial charge on any atom is -0.394 e. The lowest BCUT2D eigenvalue weighted by molar-refractivity contribution is -0.301. The van der Waals surface area contributed by atoms with Crippen molar-refractivity contribution < 1.29 is 29.9 Å². The van der Waals surface area contributed by atoms with Crippen molar-refractivity contribution in [3.8, 4) is 0 Å². The van der Waals surface area contributed by atoms with Gasteiger partial charge >= 0.3 is 0 Å². The minimum atomic E-state index is -1.37. The van der Waals surface area contributed by atoms with E-state index in [1.165, 1.54) is 19.3 Å². The Bertz CT molecular complexity index is 248. The highest BCUT2D eigenvalue weighted by atomic mass is 16.7. The highest BCUT2D eigenvalue weighted by Crippen LogP contribution is 2.22. The van der Waals surface area contributed by atoms with Gasteiger partial charge in [-0.05, 0) is 6.42 Å². The van der Waals surface area contributed by atoms with E-state index in [2.05, 4.69) is 6.92 Å². The minimum absolute atomic E-state index is 0.425. The van der Waals surface area contributed by atoms with Gasteiger partial charge < -0.3 is 29.9 Å². The van der Waals surface area contributed by atoms with E-state index in [1.807, 2.05) is 0 Å². The van der Waals surface area contributed by atoms with Crippen molar-refractivity contribution >= 4 is 0 Å². The van der Waals surface area contributed by atoms with Crippen LogP contribution in [0.4, 0.5) is 0 Å². The van der Waals surface area contributed by atoms with Crippen LogP contribution in [0.15, 0.2) is 0 Å². The van der Waals surface area contributed by atoms with Gasteiger partial charge in [-0.25, -0.2) is 0 Å². The maximum atomic E-state index is 9.75. The van der Waals surface area contributed by atoms with Gasteiger partial charge in [-0.1, -0.05) is 39.0 Å². The summed E-state index contributed by atoms with van der Waals surface area (Å²) in [6.45, 7) is 2.17. The molecule has 0 aromatic heterocycles. The first-order chi connectivity index (χ1) is 9.61. The summed E-state index contributed by atoms with van der Waals surface area (Å²) in [5.74, 6) is 0. The zero-order valence-electron chi connectivity index (χ0n) is 12.1. The third kappa shape index (κ3) is 5.27. The molecule has 0 radical (unpaired) electrons. The van der Waals surface area contributed by atoms with Crippen LogP contribution in [0.5, 0.6) is 0 Å². The van der Waals surface area contributed by atoms with Gasteiger partial charge in [0, 0.05) is 6.61 Å². The van der Waals surface area contributed by atoms with Crippen molar-refractivity contribution in [3.05, 3.63) is 0 Å². The lowest BCUT2D eigenvalue weighted by atomic mass is 9.99. The van der Waals surface area contributed by atoms with Crippen LogP contribution >= 0.6 is 0 Å². The Morgan fingerprint density at radius 3 is 2.20 bits per heavy atom. The van der Waals surface area contributed by atoms with Crippen molar-refractivity contribution in [2.45, 2.75) is 76.2 Å².